The van der Waals surface area contributed by atoms with Crippen molar-refractivity contribution in [2.75, 3.05) is 4.90 Å². The summed E-state index contributed by atoms with van der Waals surface area (Å²) in [6, 6.07) is 103. The van der Waals surface area contributed by atoms with Crippen molar-refractivity contribution in [1.82, 2.24) is 0 Å². The van der Waals surface area contributed by atoms with Gasteiger partial charge >= 0.3 is 0 Å². The zero-order chi connectivity index (χ0) is 47.3. The zero-order valence-corrected chi connectivity index (χ0v) is 39.5. The van der Waals surface area contributed by atoms with Gasteiger partial charge in [0.25, 0.3) is 0 Å². The van der Waals surface area contributed by atoms with Crippen LogP contribution >= 0.6 is 0 Å². The van der Waals surface area contributed by atoms with Gasteiger partial charge in [-0.05, 0) is 149 Å². The summed E-state index contributed by atoms with van der Waals surface area (Å²) in [6.45, 7) is 2.40. The van der Waals surface area contributed by atoms with Gasteiger partial charge < -0.3 is 4.90 Å². The van der Waals surface area contributed by atoms with Crippen molar-refractivity contribution in [3.8, 4) is 66.8 Å². The monoisotopic (exact) mass is 903 g/mol. The summed E-state index contributed by atoms with van der Waals surface area (Å²) in [4.78, 5) is 2.50. The molecule has 0 aliphatic heterocycles. The summed E-state index contributed by atoms with van der Waals surface area (Å²) >= 11 is 0. The quantitative estimate of drug-likeness (QED) is 0.130. The molecule has 12 aromatic rings. The highest BCUT2D eigenvalue weighted by Gasteiger charge is 2.42. The third-order valence-corrected chi connectivity index (χ3v) is 14.9. The lowest BCUT2D eigenvalue weighted by molar-refractivity contribution is 0.714. The van der Waals surface area contributed by atoms with Crippen LogP contribution in [-0.2, 0) is 5.41 Å². The standard InChI is InChI=1S/C70H49N/c1-70(56-30-15-6-16-31-56)64-35-20-19-34-62(64)69-65(70)36-21-37-66(69)71(58-45-54(48-22-7-2-8-23-48)44-55(46-58)49-24-9-3-10-25-49)57-41-38-50(39-42-57)53-40-43-60-59-32-17-18-33-61(59)67(51-26-11-4-12-27-51)68(63(60)47-53)52-28-13-5-14-29-52/h2-47H,1H3. The second kappa shape index (κ2) is 17.5. The molecule has 334 valence electrons. The van der Waals surface area contributed by atoms with Gasteiger partial charge in [-0.1, -0.05) is 237 Å². The number of nitrogens with zero attached hydrogens (tertiary/aromatic N) is 1. The molecule has 1 nitrogen and oxygen atoms in total. The van der Waals surface area contributed by atoms with Crippen molar-refractivity contribution in [3.05, 3.63) is 296 Å². The fourth-order valence-corrected chi connectivity index (χ4v) is 11.5. The first-order valence-corrected chi connectivity index (χ1v) is 24.7. The topological polar surface area (TPSA) is 3.24 Å². The Hall–Kier alpha value is -9.04. The van der Waals surface area contributed by atoms with Crippen LogP contribution in [0.25, 0.3) is 88.3 Å². The van der Waals surface area contributed by atoms with E-state index in [0.29, 0.717) is 0 Å². The molecule has 0 radical (unpaired) electrons. The van der Waals surface area contributed by atoms with Gasteiger partial charge in [0.05, 0.1) is 5.69 Å². The number of hydrogen-bond acceptors (Lipinski definition) is 1. The molecule has 1 unspecified atom stereocenters. The van der Waals surface area contributed by atoms with Crippen LogP contribution in [0.5, 0.6) is 0 Å². The maximum absolute atomic E-state index is 2.50. The van der Waals surface area contributed by atoms with Gasteiger partial charge in [0.1, 0.15) is 0 Å². The van der Waals surface area contributed by atoms with Crippen molar-refractivity contribution in [1.29, 1.82) is 0 Å². The second-order valence-electron chi connectivity index (χ2n) is 18.9. The van der Waals surface area contributed by atoms with Crippen LogP contribution in [0.1, 0.15) is 23.6 Å². The molecule has 0 fully saturated rings. The molecule has 0 aromatic heterocycles. The summed E-state index contributed by atoms with van der Waals surface area (Å²) in [5, 5.41) is 5.00. The van der Waals surface area contributed by atoms with Crippen LogP contribution in [0.3, 0.4) is 0 Å². The number of hydrogen-bond donors (Lipinski definition) is 0. The maximum Gasteiger partial charge on any atom is 0.0543 e. The van der Waals surface area contributed by atoms with Gasteiger partial charge in [0, 0.05) is 22.4 Å². The average Bonchev–Trinajstić information content (AvgIpc) is 3.72. The van der Waals surface area contributed by atoms with Crippen molar-refractivity contribution in [2.45, 2.75) is 12.3 Å². The molecule has 0 amide bonds. The molecular weight excluding hydrogens is 855 g/mol. The molecule has 0 heterocycles. The van der Waals surface area contributed by atoms with Crippen molar-refractivity contribution >= 4 is 38.6 Å². The smallest absolute Gasteiger partial charge is 0.0543 e. The molecule has 71 heavy (non-hydrogen) atoms. The van der Waals surface area contributed by atoms with Crippen LogP contribution in [0.4, 0.5) is 17.1 Å². The van der Waals surface area contributed by atoms with Crippen LogP contribution in [-0.4, -0.2) is 0 Å². The van der Waals surface area contributed by atoms with E-state index in [1.165, 1.54) is 99.4 Å². The Morgan fingerprint density at radius 2 is 0.732 bits per heavy atom. The Morgan fingerprint density at radius 1 is 0.268 bits per heavy atom. The second-order valence-corrected chi connectivity index (χ2v) is 18.9. The minimum atomic E-state index is -0.347. The molecule has 0 saturated carbocycles. The Bertz CT molecular complexity index is 3840. The predicted molar refractivity (Wildman–Crippen MR) is 301 cm³/mol. The van der Waals surface area contributed by atoms with Crippen molar-refractivity contribution in [2.24, 2.45) is 0 Å². The summed E-state index contributed by atoms with van der Waals surface area (Å²) in [7, 11) is 0. The predicted octanol–water partition coefficient (Wildman–Crippen LogP) is 19.1. The molecule has 1 aliphatic carbocycles. The first kappa shape index (κ1) is 42.1. The Kier molecular flexibility index (Phi) is 10.4. The van der Waals surface area contributed by atoms with Gasteiger partial charge in [-0.25, -0.2) is 0 Å². The third kappa shape index (κ3) is 7.17. The largest absolute Gasteiger partial charge is 0.310 e. The van der Waals surface area contributed by atoms with E-state index >= 15 is 0 Å². The Labute approximate surface area is 416 Å². The molecule has 0 N–H and O–H groups in total. The molecule has 0 spiro atoms. The van der Waals surface area contributed by atoms with Crippen LogP contribution in [0.15, 0.2) is 279 Å². The molecule has 0 saturated heterocycles. The number of anilines is 3. The lowest BCUT2D eigenvalue weighted by Gasteiger charge is -2.31. The fourth-order valence-electron chi connectivity index (χ4n) is 11.5. The zero-order valence-electron chi connectivity index (χ0n) is 39.5. The summed E-state index contributed by atoms with van der Waals surface area (Å²) in [6.07, 6.45) is 0. The van der Waals surface area contributed by atoms with Crippen molar-refractivity contribution < 1.29 is 0 Å². The molecule has 1 aliphatic rings. The highest BCUT2D eigenvalue weighted by Crippen LogP contribution is 2.57. The van der Waals surface area contributed by atoms with Gasteiger partial charge in [-0.2, -0.15) is 0 Å². The minimum Gasteiger partial charge on any atom is -0.310 e. The fraction of sp³-hybridized carbons (Fsp3) is 0.0286. The number of benzene rings is 12. The van der Waals surface area contributed by atoms with E-state index in [0.717, 1.165) is 22.6 Å². The van der Waals surface area contributed by atoms with Crippen molar-refractivity contribution in [3.63, 3.8) is 0 Å². The molecule has 1 heteroatoms. The third-order valence-electron chi connectivity index (χ3n) is 14.9. The Morgan fingerprint density at radius 3 is 1.35 bits per heavy atom. The van der Waals surface area contributed by atoms with E-state index in [4.69, 9.17) is 0 Å². The normalized spacial score (nSPS) is 13.8. The highest BCUT2D eigenvalue weighted by atomic mass is 15.1. The van der Waals surface area contributed by atoms with E-state index in [9.17, 15) is 0 Å². The minimum absolute atomic E-state index is 0.347. The van der Waals surface area contributed by atoms with Gasteiger partial charge in [-0.15, -0.1) is 0 Å². The first-order valence-electron chi connectivity index (χ1n) is 24.7. The SMILES string of the molecule is CC1(c2ccccc2)c2ccccc2-c2c(N(c3ccc(-c4ccc5c(c4)c(-c4ccccc4)c(-c4ccccc4)c4ccccc45)cc3)c3cc(-c4ccccc4)cc(-c4ccccc4)c3)cccc21. The number of rotatable bonds is 9. The first-order chi connectivity index (χ1) is 35.1. The van der Waals surface area contributed by atoms with Gasteiger partial charge in [0.2, 0.25) is 0 Å². The number of fused-ring (bicyclic) bond motifs is 6. The van der Waals surface area contributed by atoms with Crippen LogP contribution < -0.4 is 4.90 Å². The van der Waals surface area contributed by atoms with Gasteiger partial charge in [0.15, 0.2) is 0 Å². The lowest BCUT2D eigenvalue weighted by Crippen LogP contribution is -2.22. The lowest BCUT2D eigenvalue weighted by atomic mass is 9.74. The van der Waals surface area contributed by atoms with Crippen LogP contribution in [0, 0.1) is 0 Å². The summed E-state index contributed by atoms with van der Waals surface area (Å²) in [5.74, 6) is 0. The maximum atomic E-state index is 2.50. The van der Waals surface area contributed by atoms with Crippen LogP contribution in [0.2, 0.25) is 0 Å². The molecule has 0 bridgehead atoms. The molecular formula is C70H49N. The molecule has 1 atom stereocenters. The van der Waals surface area contributed by atoms with E-state index in [1.807, 2.05) is 0 Å². The summed E-state index contributed by atoms with van der Waals surface area (Å²) < 4.78 is 0. The van der Waals surface area contributed by atoms with E-state index in [-0.39, 0.29) is 5.41 Å². The van der Waals surface area contributed by atoms with Gasteiger partial charge in [-0.3, -0.25) is 0 Å². The molecule has 12 aromatic carbocycles. The highest BCUT2D eigenvalue weighted by molar-refractivity contribution is 6.22. The Balaban J connectivity index is 1.03. The van der Waals surface area contributed by atoms with E-state index < -0.39 is 0 Å². The molecule has 13 rings (SSSR count). The average molecular weight is 904 g/mol. The summed E-state index contributed by atoms with van der Waals surface area (Å²) in [5.41, 5.74) is 21.4. The van der Waals surface area contributed by atoms with E-state index in [2.05, 4.69) is 291 Å². The van der Waals surface area contributed by atoms with E-state index in [1.54, 1.807) is 0 Å².